The Bertz CT molecular complexity index is 518. The van der Waals surface area contributed by atoms with Crippen molar-refractivity contribution in [3.05, 3.63) is 22.4 Å². The van der Waals surface area contributed by atoms with E-state index in [1.807, 2.05) is 37.1 Å². The summed E-state index contributed by atoms with van der Waals surface area (Å²) in [6.07, 6.45) is 3.19. The van der Waals surface area contributed by atoms with Crippen LogP contribution < -0.4 is 5.32 Å². The quantitative estimate of drug-likeness (QED) is 0.873. The van der Waals surface area contributed by atoms with Gasteiger partial charge in [0.25, 0.3) is 0 Å². The highest BCUT2D eigenvalue weighted by molar-refractivity contribution is 7.84. The zero-order valence-corrected chi connectivity index (χ0v) is 14.7. The zero-order chi connectivity index (χ0) is 15.6. The van der Waals surface area contributed by atoms with Crippen LogP contribution in [0.4, 0.5) is 0 Å². The first-order valence-corrected chi connectivity index (χ1v) is 9.83. The maximum absolute atomic E-state index is 12.7. The van der Waals surface area contributed by atoms with E-state index in [4.69, 9.17) is 0 Å². The van der Waals surface area contributed by atoms with Crippen LogP contribution in [0.25, 0.3) is 0 Å². The number of carbonyl (C=O) groups excluding carboxylic acids is 1. The van der Waals surface area contributed by atoms with Crippen LogP contribution in [0.2, 0.25) is 0 Å². The highest BCUT2D eigenvalue weighted by Crippen LogP contribution is 2.34. The third-order valence-electron chi connectivity index (χ3n) is 4.36. The molecular weight excluding hydrogens is 304 g/mol. The average molecular weight is 329 g/mol. The van der Waals surface area contributed by atoms with Crippen molar-refractivity contribution >= 4 is 28.0 Å². The maximum Gasteiger partial charge on any atom is 0.244 e. The Morgan fingerprint density at radius 3 is 2.81 bits per heavy atom. The van der Waals surface area contributed by atoms with Crippen molar-refractivity contribution in [2.75, 3.05) is 12.8 Å². The minimum absolute atomic E-state index is 0.0556. The minimum atomic E-state index is -0.846. The monoisotopic (exact) mass is 328 g/mol. The SMILES string of the molecule is CCC1(C)NC(c2cccs2)N(CCC(C)S(C)=O)C1=O. The molecule has 21 heavy (non-hydrogen) atoms. The first-order valence-electron chi connectivity index (χ1n) is 7.33. The highest BCUT2D eigenvalue weighted by Gasteiger charge is 2.47. The minimum Gasteiger partial charge on any atom is -0.320 e. The lowest BCUT2D eigenvalue weighted by atomic mass is 9.99. The summed E-state index contributed by atoms with van der Waals surface area (Å²) in [5, 5.41) is 5.62. The molecule has 2 rings (SSSR count). The van der Waals surface area contributed by atoms with Gasteiger partial charge in [0.1, 0.15) is 6.17 Å². The normalized spacial score (nSPS) is 28.9. The Balaban J connectivity index is 2.18. The molecule has 0 spiro atoms. The Morgan fingerprint density at radius 1 is 1.57 bits per heavy atom. The number of hydrogen-bond donors (Lipinski definition) is 1. The first kappa shape index (κ1) is 16.6. The molecule has 1 N–H and O–H groups in total. The van der Waals surface area contributed by atoms with Crippen molar-refractivity contribution in [2.45, 2.75) is 50.6 Å². The van der Waals surface area contributed by atoms with Crippen molar-refractivity contribution < 1.29 is 9.00 Å². The van der Waals surface area contributed by atoms with Gasteiger partial charge < -0.3 is 4.90 Å². The molecule has 1 aliphatic heterocycles. The fraction of sp³-hybridized carbons (Fsp3) is 0.667. The summed E-state index contributed by atoms with van der Waals surface area (Å²) in [5.41, 5.74) is -0.497. The van der Waals surface area contributed by atoms with Crippen LogP contribution in [0.15, 0.2) is 17.5 Å². The zero-order valence-electron chi connectivity index (χ0n) is 13.1. The molecule has 0 aromatic carbocycles. The van der Waals surface area contributed by atoms with Gasteiger partial charge in [-0.15, -0.1) is 11.3 Å². The van der Waals surface area contributed by atoms with E-state index >= 15 is 0 Å². The Labute approximate surface area is 133 Å². The van der Waals surface area contributed by atoms with Crippen LogP contribution in [-0.2, 0) is 15.6 Å². The predicted molar refractivity (Wildman–Crippen MR) is 88.8 cm³/mol. The number of carbonyl (C=O) groups is 1. The topological polar surface area (TPSA) is 49.4 Å². The first-order chi connectivity index (χ1) is 9.89. The molecule has 1 fully saturated rings. The summed E-state index contributed by atoms with van der Waals surface area (Å²) in [7, 11) is -0.846. The predicted octanol–water partition coefficient (Wildman–Crippen LogP) is 2.50. The van der Waals surface area contributed by atoms with E-state index in [0.29, 0.717) is 6.54 Å². The summed E-state index contributed by atoms with van der Waals surface area (Å²) in [6.45, 7) is 6.62. The lowest BCUT2D eigenvalue weighted by Gasteiger charge is -2.24. The molecule has 2 heterocycles. The van der Waals surface area contributed by atoms with Gasteiger partial charge >= 0.3 is 0 Å². The molecule has 0 saturated carbocycles. The Hall–Kier alpha value is -0.720. The molecule has 0 bridgehead atoms. The van der Waals surface area contributed by atoms with Crippen LogP contribution in [0, 0.1) is 0 Å². The number of rotatable bonds is 6. The van der Waals surface area contributed by atoms with E-state index < -0.39 is 16.3 Å². The van der Waals surface area contributed by atoms with Gasteiger partial charge in [0, 0.05) is 33.7 Å². The van der Waals surface area contributed by atoms with Crippen LogP contribution in [0.1, 0.15) is 44.7 Å². The fourth-order valence-electron chi connectivity index (χ4n) is 2.52. The summed E-state index contributed by atoms with van der Waals surface area (Å²) in [4.78, 5) is 15.8. The second-order valence-electron chi connectivity index (χ2n) is 5.84. The molecule has 0 aliphatic carbocycles. The fourth-order valence-corrected chi connectivity index (χ4v) is 3.74. The van der Waals surface area contributed by atoms with Gasteiger partial charge in [0.2, 0.25) is 5.91 Å². The Morgan fingerprint density at radius 2 is 2.29 bits per heavy atom. The van der Waals surface area contributed by atoms with Gasteiger partial charge in [-0.25, -0.2) is 0 Å². The van der Waals surface area contributed by atoms with Gasteiger partial charge in [0.05, 0.1) is 5.54 Å². The number of amides is 1. The van der Waals surface area contributed by atoms with E-state index in [1.165, 1.54) is 0 Å². The van der Waals surface area contributed by atoms with Gasteiger partial charge in [-0.1, -0.05) is 19.9 Å². The molecular formula is C15H24N2O2S2. The number of nitrogens with zero attached hydrogens (tertiary/aromatic N) is 1. The molecule has 1 aromatic heterocycles. The van der Waals surface area contributed by atoms with E-state index in [-0.39, 0.29) is 17.3 Å². The molecule has 6 heteroatoms. The van der Waals surface area contributed by atoms with E-state index in [1.54, 1.807) is 17.6 Å². The summed E-state index contributed by atoms with van der Waals surface area (Å²) < 4.78 is 11.5. The van der Waals surface area contributed by atoms with Crippen molar-refractivity contribution in [3.8, 4) is 0 Å². The standard InChI is InChI=1S/C15H24N2O2S2/c1-5-15(3)14(18)17(9-8-11(2)21(4)19)13(16-15)12-7-6-10-20-12/h6-7,10-11,13,16H,5,8-9H2,1-4H3. The third-order valence-corrected chi connectivity index (χ3v) is 6.66. The smallest absolute Gasteiger partial charge is 0.244 e. The second-order valence-corrected chi connectivity index (χ2v) is 8.63. The molecule has 1 amide bonds. The van der Waals surface area contributed by atoms with Crippen LogP contribution in [0.5, 0.6) is 0 Å². The molecule has 4 nitrogen and oxygen atoms in total. The van der Waals surface area contributed by atoms with Crippen molar-refractivity contribution in [3.63, 3.8) is 0 Å². The van der Waals surface area contributed by atoms with Crippen LogP contribution in [-0.4, -0.2) is 38.6 Å². The largest absolute Gasteiger partial charge is 0.320 e. The lowest BCUT2D eigenvalue weighted by Crippen LogP contribution is -2.43. The highest BCUT2D eigenvalue weighted by atomic mass is 32.2. The molecule has 118 valence electrons. The third kappa shape index (κ3) is 3.38. The maximum atomic E-state index is 12.7. The number of hydrogen-bond acceptors (Lipinski definition) is 4. The summed E-state index contributed by atoms with van der Waals surface area (Å²) in [6, 6.07) is 4.07. The Kier molecular flexibility index (Phi) is 5.22. The second kappa shape index (κ2) is 6.58. The van der Waals surface area contributed by atoms with E-state index in [2.05, 4.69) is 11.4 Å². The average Bonchev–Trinajstić information content (AvgIpc) is 3.05. The van der Waals surface area contributed by atoms with Crippen molar-refractivity contribution in [1.82, 2.24) is 10.2 Å². The van der Waals surface area contributed by atoms with Crippen molar-refractivity contribution in [2.24, 2.45) is 0 Å². The lowest BCUT2D eigenvalue weighted by molar-refractivity contribution is -0.133. The van der Waals surface area contributed by atoms with Crippen molar-refractivity contribution in [1.29, 1.82) is 0 Å². The molecule has 0 radical (unpaired) electrons. The molecule has 1 saturated heterocycles. The summed E-state index contributed by atoms with van der Waals surface area (Å²) in [5.74, 6) is 0.150. The van der Waals surface area contributed by atoms with Crippen LogP contribution in [0.3, 0.4) is 0 Å². The van der Waals surface area contributed by atoms with Gasteiger partial charge in [-0.2, -0.15) is 0 Å². The molecule has 1 aromatic rings. The van der Waals surface area contributed by atoms with Gasteiger partial charge in [-0.3, -0.25) is 14.3 Å². The van der Waals surface area contributed by atoms with Gasteiger partial charge in [-0.05, 0) is 31.2 Å². The van der Waals surface area contributed by atoms with Crippen LogP contribution >= 0.6 is 11.3 Å². The summed E-state index contributed by atoms with van der Waals surface area (Å²) >= 11 is 1.66. The van der Waals surface area contributed by atoms with Gasteiger partial charge in [0.15, 0.2) is 0 Å². The van der Waals surface area contributed by atoms with E-state index in [9.17, 15) is 9.00 Å². The van der Waals surface area contributed by atoms with E-state index in [0.717, 1.165) is 17.7 Å². The molecule has 4 atom stereocenters. The number of nitrogens with one attached hydrogen (secondary N) is 1. The number of thiophene rings is 1. The molecule has 1 aliphatic rings. The molecule has 4 unspecified atom stereocenters.